The summed E-state index contributed by atoms with van der Waals surface area (Å²) in [6, 6.07) is -0.742. The molecule has 5 nitrogen and oxygen atoms in total. The molecule has 0 aromatic heterocycles. The van der Waals surface area contributed by atoms with Gasteiger partial charge in [-0.3, -0.25) is 4.79 Å². The second-order valence-electron chi connectivity index (χ2n) is 13.5. The molecular formula is C41H77NO4. The minimum atomic E-state index is -0.926. The lowest BCUT2D eigenvalue weighted by Gasteiger charge is -2.21. The Balaban J connectivity index is 3.67. The number of allylic oxidation sites excluding steroid dienone is 5. The van der Waals surface area contributed by atoms with Crippen LogP contribution in [0.4, 0.5) is 0 Å². The summed E-state index contributed by atoms with van der Waals surface area (Å²) in [5.41, 5.74) is 0. The van der Waals surface area contributed by atoms with Crippen molar-refractivity contribution in [1.82, 2.24) is 5.32 Å². The highest BCUT2D eigenvalue weighted by Gasteiger charge is 2.20. The fourth-order valence-electron chi connectivity index (χ4n) is 5.91. The smallest absolute Gasteiger partial charge is 0.222 e. The molecule has 1 amide bonds. The van der Waals surface area contributed by atoms with Crippen LogP contribution >= 0.6 is 0 Å². The minimum Gasteiger partial charge on any atom is -0.394 e. The maximum Gasteiger partial charge on any atom is 0.222 e. The van der Waals surface area contributed by atoms with Crippen LogP contribution in [-0.4, -0.2) is 46.1 Å². The first-order valence-electron chi connectivity index (χ1n) is 19.8. The van der Waals surface area contributed by atoms with E-state index in [2.05, 4.69) is 43.5 Å². The van der Waals surface area contributed by atoms with Crippen molar-refractivity contribution < 1.29 is 20.1 Å². The van der Waals surface area contributed by atoms with Crippen molar-refractivity contribution in [2.24, 2.45) is 0 Å². The quantitative estimate of drug-likeness (QED) is 0.0407. The topological polar surface area (TPSA) is 89.8 Å². The number of aliphatic hydroxyl groups excluding tert-OH is 3. The van der Waals surface area contributed by atoms with Crippen molar-refractivity contribution in [3.8, 4) is 0 Å². The average molecular weight is 648 g/mol. The zero-order valence-electron chi connectivity index (χ0n) is 30.5. The largest absolute Gasteiger partial charge is 0.394 e. The standard InChI is InChI=1S/C41H77NO4/c1-3-5-7-9-11-13-15-17-18-19-20-21-22-23-24-26-28-30-32-34-38(44)36-41(46)42-39(37-43)40(45)35-33-31-29-27-25-16-14-12-10-8-6-4-2/h5,7,11,13,33,35,38-40,43-45H,3-4,6,8-10,12,14-32,34,36-37H2,1-2H3,(H,42,46)/b7-5-,13-11-,35-33+. The maximum absolute atomic E-state index is 12.4. The predicted molar refractivity (Wildman–Crippen MR) is 199 cm³/mol. The fourth-order valence-corrected chi connectivity index (χ4v) is 5.91. The second kappa shape index (κ2) is 36.4. The van der Waals surface area contributed by atoms with Crippen LogP contribution in [0.2, 0.25) is 0 Å². The van der Waals surface area contributed by atoms with E-state index in [0.29, 0.717) is 6.42 Å². The average Bonchev–Trinajstić information content (AvgIpc) is 3.05. The van der Waals surface area contributed by atoms with Crippen LogP contribution < -0.4 is 5.32 Å². The van der Waals surface area contributed by atoms with E-state index >= 15 is 0 Å². The molecule has 46 heavy (non-hydrogen) atoms. The van der Waals surface area contributed by atoms with Gasteiger partial charge in [0.1, 0.15) is 0 Å². The summed E-state index contributed by atoms with van der Waals surface area (Å²) in [5, 5.41) is 33.1. The van der Waals surface area contributed by atoms with Gasteiger partial charge in [-0.15, -0.1) is 0 Å². The number of carbonyl (C=O) groups is 1. The van der Waals surface area contributed by atoms with E-state index in [0.717, 1.165) is 38.5 Å². The summed E-state index contributed by atoms with van der Waals surface area (Å²) in [6.45, 7) is 4.09. The third kappa shape index (κ3) is 32.5. The van der Waals surface area contributed by atoms with Crippen LogP contribution in [0.15, 0.2) is 36.5 Å². The van der Waals surface area contributed by atoms with E-state index in [4.69, 9.17) is 0 Å². The molecule has 0 radical (unpaired) electrons. The molecule has 0 heterocycles. The number of unbranched alkanes of at least 4 members (excludes halogenated alkanes) is 22. The Hall–Kier alpha value is -1.43. The maximum atomic E-state index is 12.4. The van der Waals surface area contributed by atoms with Gasteiger partial charge in [-0.1, -0.05) is 179 Å². The zero-order valence-corrected chi connectivity index (χ0v) is 30.5. The molecule has 0 fully saturated rings. The van der Waals surface area contributed by atoms with Gasteiger partial charge in [-0.05, 0) is 44.9 Å². The van der Waals surface area contributed by atoms with Crippen molar-refractivity contribution in [3.05, 3.63) is 36.5 Å². The molecule has 3 atom stereocenters. The predicted octanol–water partition coefficient (Wildman–Crippen LogP) is 10.8. The molecule has 3 unspecified atom stereocenters. The van der Waals surface area contributed by atoms with E-state index in [1.165, 1.54) is 128 Å². The SMILES string of the molecule is CC/C=C\C/C=C\CCCCCCCCCCCCCCC(O)CC(=O)NC(CO)C(O)/C=C/CCCCCCCCCCCC. The number of rotatable bonds is 35. The lowest BCUT2D eigenvalue weighted by atomic mass is 10.0. The summed E-state index contributed by atoms with van der Waals surface area (Å²) >= 11 is 0. The lowest BCUT2D eigenvalue weighted by Crippen LogP contribution is -2.45. The Bertz CT molecular complexity index is 719. The van der Waals surface area contributed by atoms with Crippen LogP contribution in [0.5, 0.6) is 0 Å². The molecule has 270 valence electrons. The molecule has 0 aromatic carbocycles. The molecule has 0 saturated carbocycles. The Morgan fingerprint density at radius 3 is 1.54 bits per heavy atom. The van der Waals surface area contributed by atoms with Gasteiger partial charge >= 0.3 is 0 Å². The van der Waals surface area contributed by atoms with Crippen molar-refractivity contribution in [3.63, 3.8) is 0 Å². The van der Waals surface area contributed by atoms with Crippen molar-refractivity contribution in [1.29, 1.82) is 0 Å². The molecule has 0 aromatic rings. The Morgan fingerprint density at radius 1 is 0.587 bits per heavy atom. The van der Waals surface area contributed by atoms with Gasteiger partial charge in [0.25, 0.3) is 0 Å². The minimum absolute atomic E-state index is 0.0128. The highest BCUT2D eigenvalue weighted by Crippen LogP contribution is 2.15. The lowest BCUT2D eigenvalue weighted by molar-refractivity contribution is -0.124. The highest BCUT2D eigenvalue weighted by atomic mass is 16.3. The molecule has 0 aliphatic rings. The summed E-state index contributed by atoms with van der Waals surface area (Å²) < 4.78 is 0. The molecule has 0 saturated heterocycles. The van der Waals surface area contributed by atoms with Gasteiger partial charge in [-0.25, -0.2) is 0 Å². The van der Waals surface area contributed by atoms with E-state index in [1.807, 2.05) is 6.08 Å². The summed E-state index contributed by atoms with van der Waals surface area (Å²) in [7, 11) is 0. The molecular weight excluding hydrogens is 570 g/mol. The Labute approximate surface area is 285 Å². The third-order valence-electron chi connectivity index (χ3n) is 8.93. The number of carbonyl (C=O) groups excluding carboxylic acids is 1. The summed E-state index contributed by atoms with van der Waals surface area (Å²) in [5.74, 6) is -0.319. The fraction of sp³-hybridized carbons (Fsp3) is 0.829. The van der Waals surface area contributed by atoms with E-state index < -0.39 is 18.2 Å². The normalized spacial score (nSPS) is 14.1. The van der Waals surface area contributed by atoms with Gasteiger partial charge < -0.3 is 20.6 Å². The van der Waals surface area contributed by atoms with Gasteiger partial charge in [0.05, 0.1) is 31.3 Å². The van der Waals surface area contributed by atoms with Crippen LogP contribution in [-0.2, 0) is 4.79 Å². The number of hydrogen-bond acceptors (Lipinski definition) is 4. The van der Waals surface area contributed by atoms with Crippen LogP contribution in [0.3, 0.4) is 0 Å². The second-order valence-corrected chi connectivity index (χ2v) is 13.5. The first-order chi connectivity index (χ1) is 22.5. The van der Waals surface area contributed by atoms with Gasteiger partial charge in [-0.2, -0.15) is 0 Å². The van der Waals surface area contributed by atoms with Gasteiger partial charge in [0.15, 0.2) is 0 Å². The molecule has 5 heteroatoms. The summed E-state index contributed by atoms with van der Waals surface area (Å²) in [4.78, 5) is 12.4. The zero-order chi connectivity index (χ0) is 33.8. The molecule has 0 bridgehead atoms. The Kier molecular flexibility index (Phi) is 35.3. The van der Waals surface area contributed by atoms with Crippen LogP contribution in [0.25, 0.3) is 0 Å². The van der Waals surface area contributed by atoms with E-state index in [-0.39, 0.29) is 18.9 Å². The number of aliphatic hydroxyl groups is 3. The third-order valence-corrected chi connectivity index (χ3v) is 8.93. The number of hydrogen-bond donors (Lipinski definition) is 4. The first-order valence-corrected chi connectivity index (χ1v) is 19.8. The number of amides is 1. The van der Waals surface area contributed by atoms with E-state index in [1.54, 1.807) is 6.08 Å². The molecule has 0 rings (SSSR count). The highest BCUT2D eigenvalue weighted by molar-refractivity contribution is 5.76. The van der Waals surface area contributed by atoms with Gasteiger partial charge in [0, 0.05) is 0 Å². The van der Waals surface area contributed by atoms with Crippen LogP contribution in [0, 0.1) is 0 Å². The van der Waals surface area contributed by atoms with Crippen molar-refractivity contribution in [2.75, 3.05) is 6.61 Å². The van der Waals surface area contributed by atoms with E-state index in [9.17, 15) is 20.1 Å². The first kappa shape index (κ1) is 44.6. The molecule has 4 N–H and O–H groups in total. The Morgan fingerprint density at radius 2 is 1.04 bits per heavy atom. The van der Waals surface area contributed by atoms with Crippen molar-refractivity contribution >= 4 is 5.91 Å². The van der Waals surface area contributed by atoms with Crippen LogP contribution in [0.1, 0.15) is 194 Å². The van der Waals surface area contributed by atoms with Gasteiger partial charge in [0.2, 0.25) is 5.91 Å². The number of nitrogens with one attached hydrogen (secondary N) is 1. The molecule has 0 aliphatic carbocycles. The molecule has 0 aliphatic heterocycles. The molecule has 0 spiro atoms. The monoisotopic (exact) mass is 648 g/mol. The van der Waals surface area contributed by atoms with Crippen molar-refractivity contribution in [2.45, 2.75) is 212 Å². The summed E-state index contributed by atoms with van der Waals surface area (Å²) in [6.07, 6.45) is 44.2.